The summed E-state index contributed by atoms with van der Waals surface area (Å²) in [5.74, 6) is 1.40. The van der Waals surface area contributed by atoms with Gasteiger partial charge in [0.25, 0.3) is 0 Å². The van der Waals surface area contributed by atoms with E-state index in [2.05, 4.69) is 12.1 Å². The van der Waals surface area contributed by atoms with Crippen molar-refractivity contribution in [2.45, 2.75) is 51.6 Å². The van der Waals surface area contributed by atoms with E-state index < -0.39 is 11.6 Å². The van der Waals surface area contributed by atoms with E-state index in [4.69, 9.17) is 9.47 Å². The number of unbranched alkanes of at least 4 members (excludes halogenated alkanes) is 1. The van der Waals surface area contributed by atoms with Crippen molar-refractivity contribution in [3.05, 3.63) is 71.3 Å². The van der Waals surface area contributed by atoms with Crippen LogP contribution in [0, 0.1) is 0 Å². The number of carboxylic acid groups (broad SMARTS) is 1. The maximum absolute atomic E-state index is 11.8. The summed E-state index contributed by atoms with van der Waals surface area (Å²) in [4.78, 5) is 23.3. The van der Waals surface area contributed by atoms with Crippen LogP contribution in [-0.2, 0) is 27.2 Å². The number of hydrogen-bond donors (Lipinski definition) is 1. The van der Waals surface area contributed by atoms with Gasteiger partial charge in [-0.3, -0.25) is 0 Å². The maximum atomic E-state index is 11.8. The zero-order chi connectivity index (χ0) is 21.8. The Hall–Kier alpha value is -2.88. The molecule has 0 saturated carbocycles. The van der Waals surface area contributed by atoms with Crippen LogP contribution in [0.15, 0.2) is 60.2 Å². The minimum atomic E-state index is -1.63. The van der Waals surface area contributed by atoms with Crippen LogP contribution in [0.1, 0.15) is 44.2 Å². The van der Waals surface area contributed by atoms with Crippen molar-refractivity contribution < 1.29 is 24.2 Å². The molecule has 0 radical (unpaired) electrons. The number of aryl methyl sites for hydroxylation is 1. The average Bonchev–Trinajstić information content (AvgIpc) is 2.77. The predicted molar refractivity (Wildman–Crippen MR) is 117 cm³/mol. The maximum Gasteiger partial charge on any atom is 0.341 e. The molecule has 2 rings (SSSR count). The molecule has 0 amide bonds. The Balaban J connectivity index is 1.88. The van der Waals surface area contributed by atoms with Crippen LogP contribution in [0.25, 0.3) is 0 Å². The molecule has 0 aromatic heterocycles. The molecule has 0 aliphatic rings. The molecule has 160 valence electrons. The number of carbonyl (C=O) groups is 1. The fourth-order valence-corrected chi connectivity index (χ4v) is 3.43. The first kappa shape index (κ1) is 23.4. The predicted octanol–water partition coefficient (Wildman–Crippen LogP) is 4.66. The molecule has 2 aromatic rings. The number of carbonyl (C=O) groups excluding carboxylic acids is 1. The smallest absolute Gasteiger partial charge is 0.341 e. The highest BCUT2D eigenvalue weighted by molar-refractivity contribution is 5.85. The molecule has 1 atom stereocenters. The third-order valence-corrected chi connectivity index (χ3v) is 5.12. The fraction of sp³-hybridized carbons (Fsp3) is 0.400. The van der Waals surface area contributed by atoms with Crippen LogP contribution in [0.3, 0.4) is 0 Å². The van der Waals surface area contributed by atoms with Gasteiger partial charge in [-0.25, -0.2) is 9.59 Å². The van der Waals surface area contributed by atoms with Crippen molar-refractivity contribution in [2.75, 3.05) is 13.2 Å². The van der Waals surface area contributed by atoms with Crippen molar-refractivity contribution in [1.82, 2.24) is 0 Å². The first-order chi connectivity index (χ1) is 14.6. The van der Waals surface area contributed by atoms with Gasteiger partial charge in [0, 0.05) is 13.0 Å². The monoisotopic (exact) mass is 410 g/mol. The Labute approximate surface area is 178 Å². The zero-order valence-electron chi connectivity index (χ0n) is 17.7. The summed E-state index contributed by atoms with van der Waals surface area (Å²) >= 11 is 0. The van der Waals surface area contributed by atoms with E-state index >= 15 is 0 Å². The Morgan fingerprint density at radius 2 is 1.70 bits per heavy atom. The zero-order valence-corrected chi connectivity index (χ0v) is 17.7. The van der Waals surface area contributed by atoms with Gasteiger partial charge in [-0.05, 0) is 55.9 Å². The summed E-state index contributed by atoms with van der Waals surface area (Å²) < 4.78 is 11.3. The molecule has 0 aliphatic heterocycles. The first-order valence-corrected chi connectivity index (χ1v) is 10.4. The van der Waals surface area contributed by atoms with E-state index in [1.54, 1.807) is 13.8 Å². The van der Waals surface area contributed by atoms with Crippen molar-refractivity contribution >= 4 is 11.9 Å². The molecule has 0 fully saturated rings. The van der Waals surface area contributed by atoms with Gasteiger partial charge in [0.1, 0.15) is 11.7 Å². The fourth-order valence-electron chi connectivity index (χ4n) is 3.43. The van der Waals surface area contributed by atoms with Gasteiger partial charge >= 0.3 is 5.97 Å². The van der Waals surface area contributed by atoms with Gasteiger partial charge in [-0.2, -0.15) is 0 Å². The highest BCUT2D eigenvalue weighted by Gasteiger charge is 2.42. The SMILES string of the molecule is CCOC(CC)(C(=O)O)C(=C=O)Cc1ccc(OCCCCc2ccccc2)cc1. The topological polar surface area (TPSA) is 72.8 Å². The second-order valence-corrected chi connectivity index (χ2v) is 7.11. The number of rotatable bonds is 13. The van der Waals surface area contributed by atoms with Gasteiger partial charge in [-0.15, -0.1) is 0 Å². The van der Waals surface area contributed by atoms with Crippen molar-refractivity contribution in [3.63, 3.8) is 0 Å². The average molecular weight is 411 g/mol. The summed E-state index contributed by atoms with van der Waals surface area (Å²) in [5, 5.41) is 9.65. The third kappa shape index (κ3) is 6.31. The van der Waals surface area contributed by atoms with Crippen LogP contribution >= 0.6 is 0 Å². The molecule has 0 aliphatic carbocycles. The van der Waals surface area contributed by atoms with Crippen LogP contribution in [0.5, 0.6) is 5.75 Å². The first-order valence-electron chi connectivity index (χ1n) is 10.4. The molecule has 1 N–H and O–H groups in total. The normalized spacial score (nSPS) is 12.6. The largest absolute Gasteiger partial charge is 0.494 e. The van der Waals surface area contributed by atoms with Gasteiger partial charge in [0.2, 0.25) is 0 Å². The minimum Gasteiger partial charge on any atom is -0.494 e. The lowest BCUT2D eigenvalue weighted by molar-refractivity contribution is -0.160. The number of ether oxygens (including phenoxy) is 2. The van der Waals surface area contributed by atoms with E-state index in [1.165, 1.54) is 5.56 Å². The quantitative estimate of drug-likeness (QED) is 0.384. The molecule has 30 heavy (non-hydrogen) atoms. The molecule has 0 spiro atoms. The number of hydrogen-bond acceptors (Lipinski definition) is 4. The molecule has 5 nitrogen and oxygen atoms in total. The van der Waals surface area contributed by atoms with Crippen molar-refractivity contribution in [2.24, 2.45) is 0 Å². The second-order valence-electron chi connectivity index (χ2n) is 7.11. The summed E-state index contributed by atoms with van der Waals surface area (Å²) in [5.41, 5.74) is 0.597. The van der Waals surface area contributed by atoms with Gasteiger partial charge in [0.05, 0.1) is 12.2 Å². The Bertz CT molecular complexity index is 838. The molecule has 0 bridgehead atoms. The minimum absolute atomic E-state index is 0.0916. The molecule has 1 unspecified atom stereocenters. The van der Waals surface area contributed by atoms with Crippen LogP contribution in [0.2, 0.25) is 0 Å². The Morgan fingerprint density at radius 1 is 1.00 bits per heavy atom. The highest BCUT2D eigenvalue weighted by Crippen LogP contribution is 2.28. The van der Waals surface area contributed by atoms with Gasteiger partial charge in [0.15, 0.2) is 5.60 Å². The molecule has 5 heteroatoms. The summed E-state index contributed by atoms with van der Waals surface area (Å²) in [6.45, 7) is 4.23. The third-order valence-electron chi connectivity index (χ3n) is 5.12. The van der Waals surface area contributed by atoms with E-state index in [0.717, 1.165) is 30.6 Å². The number of aliphatic carboxylic acids is 1. The van der Waals surface area contributed by atoms with E-state index in [0.29, 0.717) is 6.61 Å². The lowest BCUT2D eigenvalue weighted by atomic mass is 9.87. The van der Waals surface area contributed by atoms with Crippen LogP contribution in [-0.4, -0.2) is 35.8 Å². The lowest BCUT2D eigenvalue weighted by Crippen LogP contribution is -2.44. The number of carboxylic acids is 1. The molecule has 0 heterocycles. The van der Waals surface area contributed by atoms with Crippen molar-refractivity contribution in [3.8, 4) is 5.75 Å². The van der Waals surface area contributed by atoms with E-state index in [9.17, 15) is 14.7 Å². The van der Waals surface area contributed by atoms with E-state index in [1.807, 2.05) is 48.4 Å². The standard InChI is InChI=1S/C25H30O5/c1-3-25(24(27)28,30-4-2)22(19-26)18-21-13-15-23(16-14-21)29-17-9-8-12-20-10-6-5-7-11-20/h5-7,10-11,13-16H,3-4,8-9,12,17-18H2,1-2H3,(H,27,28). The van der Waals surface area contributed by atoms with Gasteiger partial charge in [-0.1, -0.05) is 49.4 Å². The van der Waals surface area contributed by atoms with Crippen LogP contribution < -0.4 is 4.74 Å². The molecule has 0 saturated heterocycles. The second kappa shape index (κ2) is 12.0. The summed E-state index contributed by atoms with van der Waals surface area (Å²) in [6.07, 6.45) is 3.38. The molecule has 2 aromatic carbocycles. The Morgan fingerprint density at radius 3 is 2.27 bits per heavy atom. The van der Waals surface area contributed by atoms with Crippen molar-refractivity contribution in [1.29, 1.82) is 0 Å². The Kier molecular flexibility index (Phi) is 9.33. The van der Waals surface area contributed by atoms with Crippen LogP contribution in [0.4, 0.5) is 0 Å². The van der Waals surface area contributed by atoms with Gasteiger partial charge < -0.3 is 14.6 Å². The number of benzene rings is 2. The molecular formula is C25H30O5. The highest BCUT2D eigenvalue weighted by atomic mass is 16.5. The molecular weight excluding hydrogens is 380 g/mol. The van der Waals surface area contributed by atoms with E-state index in [-0.39, 0.29) is 25.0 Å². The summed E-state index contributed by atoms with van der Waals surface area (Å²) in [7, 11) is 0. The summed E-state index contributed by atoms with van der Waals surface area (Å²) in [6, 6.07) is 17.7. The lowest BCUT2D eigenvalue weighted by Gasteiger charge is -2.28.